The predicted molar refractivity (Wildman–Crippen MR) is 128 cm³/mol. The minimum absolute atomic E-state index is 0. The van der Waals surface area contributed by atoms with E-state index in [-0.39, 0.29) is 24.0 Å². The third kappa shape index (κ3) is 5.27. The number of nitrogens with one attached hydrogen (secondary N) is 1. The zero-order chi connectivity index (χ0) is 19.6. The van der Waals surface area contributed by atoms with E-state index < -0.39 is 0 Å². The normalized spacial score (nSPS) is 18.8. The molecular weight excluding hydrogens is 461 g/mol. The number of aliphatic imine (C=N–C) groups is 1. The van der Waals surface area contributed by atoms with E-state index in [4.69, 9.17) is 4.99 Å². The first-order chi connectivity index (χ1) is 12.9. The van der Waals surface area contributed by atoms with E-state index >= 15 is 0 Å². The molecule has 1 fully saturated rings. The van der Waals surface area contributed by atoms with E-state index in [1.54, 1.807) is 0 Å². The average molecular weight is 495 g/mol. The van der Waals surface area contributed by atoms with Crippen molar-refractivity contribution >= 4 is 29.9 Å². The summed E-state index contributed by atoms with van der Waals surface area (Å²) in [5, 5.41) is 8.32. The second-order valence-corrected chi connectivity index (χ2v) is 7.97. The second kappa shape index (κ2) is 9.76. The van der Waals surface area contributed by atoms with Gasteiger partial charge in [-0.05, 0) is 37.3 Å². The van der Waals surface area contributed by atoms with Crippen molar-refractivity contribution in [2.45, 2.75) is 58.5 Å². The fourth-order valence-corrected chi connectivity index (χ4v) is 3.79. The SMILES string of the molecule is CCN=C(NC1CC1c1ccccc1C)N(C)Cc1cn(C)nc1C(C)C.I. The summed E-state index contributed by atoms with van der Waals surface area (Å²) in [6.07, 6.45) is 3.30. The lowest BCUT2D eigenvalue weighted by atomic mass is 10.0. The summed E-state index contributed by atoms with van der Waals surface area (Å²) in [6.45, 7) is 10.3. The van der Waals surface area contributed by atoms with E-state index in [0.717, 1.165) is 19.0 Å². The number of nitrogens with zero attached hydrogens (tertiary/aromatic N) is 4. The molecule has 3 rings (SSSR count). The maximum Gasteiger partial charge on any atom is 0.194 e. The Morgan fingerprint density at radius 1 is 1.36 bits per heavy atom. The van der Waals surface area contributed by atoms with Crippen LogP contribution in [0.15, 0.2) is 35.5 Å². The lowest BCUT2D eigenvalue weighted by molar-refractivity contribution is 0.471. The van der Waals surface area contributed by atoms with Gasteiger partial charge >= 0.3 is 0 Å². The topological polar surface area (TPSA) is 45.5 Å². The molecule has 0 aliphatic heterocycles. The molecule has 0 saturated heterocycles. The first kappa shape index (κ1) is 22.7. The Hall–Kier alpha value is -1.57. The van der Waals surface area contributed by atoms with Crippen molar-refractivity contribution in [2.75, 3.05) is 13.6 Å². The number of aryl methyl sites for hydroxylation is 2. The van der Waals surface area contributed by atoms with Crippen LogP contribution in [0.3, 0.4) is 0 Å². The molecule has 28 heavy (non-hydrogen) atoms. The summed E-state index contributed by atoms with van der Waals surface area (Å²) >= 11 is 0. The summed E-state index contributed by atoms with van der Waals surface area (Å²) in [5.74, 6) is 1.99. The van der Waals surface area contributed by atoms with Crippen molar-refractivity contribution in [2.24, 2.45) is 12.0 Å². The molecule has 0 bridgehead atoms. The molecule has 2 aromatic rings. The number of hydrogen-bond acceptors (Lipinski definition) is 2. The molecule has 5 nitrogen and oxygen atoms in total. The molecule has 0 spiro atoms. The Morgan fingerprint density at radius 2 is 2.07 bits per heavy atom. The smallest absolute Gasteiger partial charge is 0.194 e. The van der Waals surface area contributed by atoms with Crippen LogP contribution < -0.4 is 5.32 Å². The summed E-state index contributed by atoms with van der Waals surface area (Å²) in [7, 11) is 4.11. The van der Waals surface area contributed by atoms with Gasteiger partial charge in [0.05, 0.1) is 5.69 Å². The van der Waals surface area contributed by atoms with Crippen LogP contribution in [0.1, 0.15) is 61.4 Å². The molecule has 1 aromatic carbocycles. The number of halogens is 1. The largest absolute Gasteiger partial charge is 0.353 e. The summed E-state index contributed by atoms with van der Waals surface area (Å²) < 4.78 is 1.91. The van der Waals surface area contributed by atoms with Crippen molar-refractivity contribution in [3.05, 3.63) is 52.8 Å². The number of benzene rings is 1. The Labute approximate surface area is 186 Å². The van der Waals surface area contributed by atoms with Crippen molar-refractivity contribution in [3.63, 3.8) is 0 Å². The van der Waals surface area contributed by atoms with Gasteiger partial charge in [-0.2, -0.15) is 5.10 Å². The Balaban J connectivity index is 0.00000280. The number of aromatic nitrogens is 2. The minimum Gasteiger partial charge on any atom is -0.353 e. The Bertz CT molecular complexity index is 811. The third-order valence-electron chi connectivity index (χ3n) is 5.25. The maximum atomic E-state index is 4.74. The van der Waals surface area contributed by atoms with Crippen molar-refractivity contribution in [1.82, 2.24) is 20.0 Å². The highest BCUT2D eigenvalue weighted by Gasteiger charge is 2.40. The van der Waals surface area contributed by atoms with Crippen molar-refractivity contribution in [3.8, 4) is 0 Å². The Kier molecular flexibility index (Phi) is 7.92. The number of guanidine groups is 1. The summed E-state index contributed by atoms with van der Waals surface area (Å²) in [6, 6.07) is 9.18. The van der Waals surface area contributed by atoms with E-state index in [0.29, 0.717) is 17.9 Å². The first-order valence-corrected chi connectivity index (χ1v) is 10.0. The highest BCUT2D eigenvalue weighted by Crippen LogP contribution is 2.42. The zero-order valence-electron chi connectivity index (χ0n) is 17.9. The van der Waals surface area contributed by atoms with Crippen LogP contribution in [0.4, 0.5) is 0 Å². The predicted octanol–water partition coefficient (Wildman–Crippen LogP) is 4.42. The van der Waals surface area contributed by atoms with E-state index in [1.807, 2.05) is 11.7 Å². The fraction of sp³-hybridized carbons (Fsp3) is 0.545. The molecule has 1 aliphatic carbocycles. The van der Waals surface area contributed by atoms with Gasteiger partial charge in [0, 0.05) is 50.9 Å². The molecule has 1 saturated carbocycles. The summed E-state index contributed by atoms with van der Waals surface area (Å²) in [4.78, 5) is 6.96. The quantitative estimate of drug-likeness (QED) is 0.367. The summed E-state index contributed by atoms with van der Waals surface area (Å²) in [5.41, 5.74) is 5.28. The van der Waals surface area contributed by atoms with Crippen LogP contribution >= 0.6 is 24.0 Å². The van der Waals surface area contributed by atoms with Gasteiger partial charge in [0.25, 0.3) is 0 Å². The van der Waals surface area contributed by atoms with Crippen LogP contribution in [0.25, 0.3) is 0 Å². The maximum absolute atomic E-state index is 4.74. The van der Waals surface area contributed by atoms with Crippen LogP contribution in [-0.4, -0.2) is 40.3 Å². The van der Waals surface area contributed by atoms with Crippen molar-refractivity contribution in [1.29, 1.82) is 0 Å². The monoisotopic (exact) mass is 495 g/mol. The van der Waals surface area contributed by atoms with Crippen LogP contribution in [-0.2, 0) is 13.6 Å². The van der Waals surface area contributed by atoms with Crippen LogP contribution in [0.2, 0.25) is 0 Å². The lowest BCUT2D eigenvalue weighted by Crippen LogP contribution is -2.40. The molecule has 6 heteroatoms. The van der Waals surface area contributed by atoms with Gasteiger partial charge in [0.1, 0.15) is 0 Å². The van der Waals surface area contributed by atoms with Gasteiger partial charge < -0.3 is 10.2 Å². The highest BCUT2D eigenvalue weighted by molar-refractivity contribution is 14.0. The lowest BCUT2D eigenvalue weighted by Gasteiger charge is -2.23. The molecule has 154 valence electrons. The zero-order valence-corrected chi connectivity index (χ0v) is 20.3. The molecule has 1 aliphatic rings. The number of rotatable bonds is 6. The van der Waals surface area contributed by atoms with Gasteiger partial charge in [-0.25, -0.2) is 0 Å². The molecule has 1 heterocycles. The minimum atomic E-state index is 0. The standard InChI is InChI=1S/C22H33N5.HI/c1-7-23-22(24-20-12-19(20)18-11-9-8-10-16(18)4)26(5)13-17-14-27(6)25-21(17)15(2)3;/h8-11,14-15,19-20H,7,12-13H2,1-6H3,(H,23,24);1H. The molecule has 1 N–H and O–H groups in total. The van der Waals surface area contributed by atoms with Crippen LogP contribution in [0.5, 0.6) is 0 Å². The first-order valence-electron chi connectivity index (χ1n) is 10.0. The third-order valence-corrected chi connectivity index (χ3v) is 5.25. The molecule has 0 radical (unpaired) electrons. The van der Waals surface area contributed by atoms with Crippen molar-refractivity contribution < 1.29 is 0 Å². The van der Waals surface area contributed by atoms with E-state index in [9.17, 15) is 0 Å². The molecule has 1 aromatic heterocycles. The second-order valence-electron chi connectivity index (χ2n) is 7.97. The fourth-order valence-electron chi connectivity index (χ4n) is 3.79. The van der Waals surface area contributed by atoms with Gasteiger partial charge in [0.2, 0.25) is 0 Å². The number of hydrogen-bond donors (Lipinski definition) is 1. The van der Waals surface area contributed by atoms with Gasteiger partial charge in [-0.1, -0.05) is 38.1 Å². The molecular formula is C22H34IN5. The van der Waals surface area contributed by atoms with E-state index in [1.165, 1.54) is 28.8 Å². The van der Waals surface area contributed by atoms with E-state index in [2.05, 4.69) is 80.5 Å². The van der Waals surface area contributed by atoms with Gasteiger partial charge in [0.15, 0.2) is 5.96 Å². The van der Waals surface area contributed by atoms with Gasteiger partial charge in [-0.15, -0.1) is 24.0 Å². The molecule has 2 atom stereocenters. The van der Waals surface area contributed by atoms with Gasteiger partial charge in [-0.3, -0.25) is 9.67 Å². The molecule has 0 amide bonds. The average Bonchev–Trinajstić information content (AvgIpc) is 3.27. The molecule has 2 unspecified atom stereocenters. The Morgan fingerprint density at radius 3 is 2.71 bits per heavy atom. The highest BCUT2D eigenvalue weighted by atomic mass is 127. The van der Waals surface area contributed by atoms with Crippen LogP contribution in [0, 0.1) is 6.92 Å².